The number of thiocarbonyl (C=S) groups is 1. The summed E-state index contributed by atoms with van der Waals surface area (Å²) >= 11 is 5.27. The van der Waals surface area contributed by atoms with Crippen molar-refractivity contribution in [1.29, 1.82) is 0 Å². The molecule has 0 heterocycles. The van der Waals surface area contributed by atoms with Crippen molar-refractivity contribution < 1.29 is 4.74 Å². The first-order valence-corrected chi connectivity index (χ1v) is 7.80. The van der Waals surface area contributed by atoms with Crippen LogP contribution in [0.3, 0.4) is 0 Å². The third-order valence-corrected chi connectivity index (χ3v) is 3.72. The second kappa shape index (κ2) is 8.51. The van der Waals surface area contributed by atoms with Crippen LogP contribution in [0.25, 0.3) is 11.1 Å². The molecule has 1 unspecified atom stereocenters. The fraction of sp³-hybridized carbons (Fsp3) is 0.278. The van der Waals surface area contributed by atoms with Crippen LogP contribution in [0.15, 0.2) is 54.6 Å². The lowest BCUT2D eigenvalue weighted by atomic mass is 10.0. The van der Waals surface area contributed by atoms with Gasteiger partial charge >= 0.3 is 0 Å². The van der Waals surface area contributed by atoms with Crippen LogP contribution < -0.4 is 10.6 Å². The minimum Gasteiger partial charge on any atom is -0.383 e. The molecule has 3 nitrogen and oxygen atoms in total. The molecule has 0 saturated heterocycles. The van der Waals surface area contributed by atoms with Crippen LogP contribution in [0.4, 0.5) is 0 Å². The molecule has 116 valence electrons. The van der Waals surface area contributed by atoms with Gasteiger partial charge in [0.25, 0.3) is 0 Å². The lowest BCUT2D eigenvalue weighted by molar-refractivity contribution is 0.204. The van der Waals surface area contributed by atoms with Crippen LogP contribution in [0, 0.1) is 0 Å². The lowest BCUT2D eigenvalue weighted by Crippen LogP contribution is -2.38. The summed E-state index contributed by atoms with van der Waals surface area (Å²) in [7, 11) is 1.68. The Morgan fingerprint density at radius 1 is 1.05 bits per heavy atom. The molecule has 0 spiro atoms. The molecule has 0 bridgehead atoms. The smallest absolute Gasteiger partial charge is 0.166 e. The van der Waals surface area contributed by atoms with E-state index in [1.165, 1.54) is 16.7 Å². The quantitative estimate of drug-likeness (QED) is 0.631. The number of hydrogen-bond acceptors (Lipinski definition) is 2. The highest BCUT2D eigenvalue weighted by atomic mass is 32.1. The lowest BCUT2D eigenvalue weighted by Gasteiger charge is -2.17. The van der Waals surface area contributed by atoms with Gasteiger partial charge in [0.05, 0.1) is 12.6 Å². The number of hydrogen-bond donors (Lipinski definition) is 2. The molecule has 2 N–H and O–H groups in total. The van der Waals surface area contributed by atoms with E-state index in [2.05, 4.69) is 66.1 Å². The maximum atomic E-state index is 5.27. The van der Waals surface area contributed by atoms with Gasteiger partial charge in [-0.15, -0.1) is 0 Å². The molecule has 0 fully saturated rings. The SMILES string of the molecule is COCCNC(=S)NC(C)c1ccc(-c2ccccc2)cc1. The number of benzene rings is 2. The fourth-order valence-corrected chi connectivity index (χ4v) is 2.47. The molecule has 0 radical (unpaired) electrons. The first-order chi connectivity index (χ1) is 10.7. The van der Waals surface area contributed by atoms with Crippen molar-refractivity contribution in [3.8, 4) is 11.1 Å². The predicted molar refractivity (Wildman–Crippen MR) is 95.9 cm³/mol. The Bertz CT molecular complexity index is 584. The van der Waals surface area contributed by atoms with Gasteiger partial charge in [0.15, 0.2) is 5.11 Å². The van der Waals surface area contributed by atoms with Crippen molar-refractivity contribution in [3.63, 3.8) is 0 Å². The van der Waals surface area contributed by atoms with Crippen molar-refractivity contribution in [2.45, 2.75) is 13.0 Å². The fourth-order valence-electron chi connectivity index (χ4n) is 2.19. The molecule has 0 aromatic heterocycles. The van der Waals surface area contributed by atoms with Gasteiger partial charge in [0, 0.05) is 13.7 Å². The van der Waals surface area contributed by atoms with E-state index >= 15 is 0 Å². The van der Waals surface area contributed by atoms with Crippen molar-refractivity contribution >= 4 is 17.3 Å². The van der Waals surface area contributed by atoms with E-state index in [4.69, 9.17) is 17.0 Å². The van der Waals surface area contributed by atoms with E-state index in [-0.39, 0.29) is 6.04 Å². The van der Waals surface area contributed by atoms with Gasteiger partial charge in [-0.3, -0.25) is 0 Å². The van der Waals surface area contributed by atoms with Gasteiger partial charge in [-0.05, 0) is 35.8 Å². The number of rotatable bonds is 6. The van der Waals surface area contributed by atoms with Crippen LogP contribution in [0.1, 0.15) is 18.5 Å². The summed E-state index contributed by atoms with van der Waals surface area (Å²) in [6.07, 6.45) is 0. The second-order valence-corrected chi connectivity index (χ2v) is 5.51. The Kier molecular flexibility index (Phi) is 6.37. The van der Waals surface area contributed by atoms with Crippen LogP contribution in [0.2, 0.25) is 0 Å². The second-order valence-electron chi connectivity index (χ2n) is 5.10. The monoisotopic (exact) mass is 314 g/mol. The molecule has 2 aromatic carbocycles. The number of nitrogens with one attached hydrogen (secondary N) is 2. The number of methoxy groups -OCH3 is 1. The van der Waals surface area contributed by atoms with E-state index < -0.39 is 0 Å². The Hall–Kier alpha value is -1.91. The summed E-state index contributed by atoms with van der Waals surface area (Å²) in [6.45, 7) is 3.45. The first-order valence-electron chi connectivity index (χ1n) is 7.39. The van der Waals surface area contributed by atoms with Crippen LogP contribution in [-0.2, 0) is 4.74 Å². The van der Waals surface area contributed by atoms with Gasteiger partial charge in [-0.2, -0.15) is 0 Å². The highest BCUT2D eigenvalue weighted by Gasteiger charge is 2.07. The van der Waals surface area contributed by atoms with Crippen molar-refractivity contribution in [3.05, 3.63) is 60.2 Å². The van der Waals surface area contributed by atoms with E-state index in [0.29, 0.717) is 18.3 Å². The molecular formula is C18H22N2OS. The maximum Gasteiger partial charge on any atom is 0.166 e. The molecule has 0 amide bonds. The summed E-state index contributed by atoms with van der Waals surface area (Å²) in [5, 5.41) is 7.05. The molecule has 4 heteroatoms. The average molecular weight is 314 g/mol. The normalized spacial score (nSPS) is 11.7. The molecule has 0 aliphatic heterocycles. The predicted octanol–water partition coefficient (Wildman–Crippen LogP) is 3.53. The van der Waals surface area contributed by atoms with E-state index in [9.17, 15) is 0 Å². The van der Waals surface area contributed by atoms with Crippen molar-refractivity contribution in [1.82, 2.24) is 10.6 Å². The summed E-state index contributed by atoms with van der Waals surface area (Å²) in [6, 6.07) is 19.1. The molecule has 0 aliphatic carbocycles. The topological polar surface area (TPSA) is 33.3 Å². The molecule has 22 heavy (non-hydrogen) atoms. The molecule has 0 aliphatic rings. The zero-order valence-electron chi connectivity index (χ0n) is 13.0. The van der Waals surface area contributed by atoms with Gasteiger partial charge < -0.3 is 15.4 Å². The summed E-state index contributed by atoms with van der Waals surface area (Å²) < 4.78 is 4.99. The third kappa shape index (κ3) is 4.83. The van der Waals surface area contributed by atoms with Crippen molar-refractivity contribution in [2.75, 3.05) is 20.3 Å². The molecule has 2 rings (SSSR count). The minimum absolute atomic E-state index is 0.160. The van der Waals surface area contributed by atoms with E-state index in [1.807, 2.05) is 6.07 Å². The van der Waals surface area contributed by atoms with Gasteiger partial charge in [-0.1, -0.05) is 54.6 Å². The summed E-state index contributed by atoms with van der Waals surface area (Å²) in [4.78, 5) is 0. The third-order valence-electron chi connectivity index (χ3n) is 3.46. The van der Waals surface area contributed by atoms with Gasteiger partial charge in [0.1, 0.15) is 0 Å². The Balaban J connectivity index is 1.94. The molecule has 1 atom stereocenters. The standard InChI is InChI=1S/C18H22N2OS/c1-14(20-18(22)19-12-13-21-2)15-8-10-17(11-9-15)16-6-4-3-5-7-16/h3-11,14H,12-13H2,1-2H3,(H2,19,20,22). The zero-order chi connectivity index (χ0) is 15.8. The van der Waals surface area contributed by atoms with Crippen LogP contribution in [-0.4, -0.2) is 25.4 Å². The van der Waals surface area contributed by atoms with Crippen LogP contribution >= 0.6 is 12.2 Å². The van der Waals surface area contributed by atoms with E-state index in [1.54, 1.807) is 7.11 Å². The molecule has 0 saturated carbocycles. The Morgan fingerprint density at radius 2 is 1.68 bits per heavy atom. The minimum atomic E-state index is 0.160. The van der Waals surface area contributed by atoms with Gasteiger partial charge in [0.2, 0.25) is 0 Å². The van der Waals surface area contributed by atoms with Crippen LogP contribution in [0.5, 0.6) is 0 Å². The number of ether oxygens (including phenoxy) is 1. The average Bonchev–Trinajstić information content (AvgIpc) is 2.56. The largest absolute Gasteiger partial charge is 0.383 e. The zero-order valence-corrected chi connectivity index (χ0v) is 13.8. The summed E-state index contributed by atoms with van der Waals surface area (Å²) in [5.74, 6) is 0. The Morgan fingerprint density at radius 3 is 2.32 bits per heavy atom. The summed E-state index contributed by atoms with van der Waals surface area (Å²) in [5.41, 5.74) is 3.65. The highest BCUT2D eigenvalue weighted by molar-refractivity contribution is 7.80. The van der Waals surface area contributed by atoms with Crippen molar-refractivity contribution in [2.24, 2.45) is 0 Å². The van der Waals surface area contributed by atoms with E-state index in [0.717, 1.165) is 0 Å². The molecular weight excluding hydrogens is 292 g/mol. The Labute approximate surface area is 137 Å². The van der Waals surface area contributed by atoms with Gasteiger partial charge in [-0.25, -0.2) is 0 Å². The first kappa shape index (κ1) is 16.5. The maximum absolute atomic E-state index is 5.27. The highest BCUT2D eigenvalue weighted by Crippen LogP contribution is 2.21. The molecule has 2 aromatic rings.